The van der Waals surface area contributed by atoms with E-state index < -0.39 is 5.97 Å². The van der Waals surface area contributed by atoms with Crippen molar-refractivity contribution >= 4 is 23.2 Å². The molecule has 1 aliphatic carbocycles. The van der Waals surface area contributed by atoms with Crippen LogP contribution in [0.2, 0.25) is 0 Å². The molecule has 1 amide bonds. The zero-order valence-corrected chi connectivity index (χ0v) is 12.7. The summed E-state index contributed by atoms with van der Waals surface area (Å²) in [6.45, 7) is 4.11. The Morgan fingerprint density at radius 1 is 1.40 bits per heavy atom. The zero-order chi connectivity index (χ0) is 14.6. The first-order valence-electron chi connectivity index (χ1n) is 6.99. The van der Waals surface area contributed by atoms with Crippen molar-refractivity contribution in [3.63, 3.8) is 0 Å². The predicted molar refractivity (Wildman–Crippen MR) is 77.0 cm³/mol. The van der Waals surface area contributed by atoms with E-state index in [2.05, 4.69) is 17.2 Å². The summed E-state index contributed by atoms with van der Waals surface area (Å²) in [7, 11) is 0. The van der Waals surface area contributed by atoms with Gasteiger partial charge in [0.2, 0.25) is 5.01 Å². The number of nitrogens with one attached hydrogen (secondary N) is 1. The van der Waals surface area contributed by atoms with Crippen LogP contribution in [0.4, 0.5) is 0 Å². The Morgan fingerprint density at radius 2 is 2.10 bits per heavy atom. The Morgan fingerprint density at radius 3 is 2.75 bits per heavy atom. The second kappa shape index (κ2) is 6.35. The monoisotopic (exact) mass is 296 g/mol. The molecule has 0 saturated heterocycles. The van der Waals surface area contributed by atoms with Gasteiger partial charge < -0.3 is 10.1 Å². The van der Waals surface area contributed by atoms with Crippen molar-refractivity contribution in [3.8, 4) is 0 Å². The Labute approximate surface area is 122 Å². The second-order valence-corrected chi connectivity index (χ2v) is 6.19. The molecule has 0 radical (unpaired) electrons. The summed E-state index contributed by atoms with van der Waals surface area (Å²) in [6.07, 6.45) is 5.50. The smallest absolute Gasteiger partial charge is 0.367 e. The topological polar surface area (TPSA) is 68.3 Å². The van der Waals surface area contributed by atoms with E-state index in [0.717, 1.165) is 37.0 Å². The molecule has 2 rings (SSSR count). The van der Waals surface area contributed by atoms with Gasteiger partial charge in [-0.3, -0.25) is 4.79 Å². The number of aromatic nitrogens is 1. The van der Waals surface area contributed by atoms with Gasteiger partial charge in [-0.15, -0.1) is 11.3 Å². The van der Waals surface area contributed by atoms with Crippen molar-refractivity contribution in [1.29, 1.82) is 0 Å². The minimum Gasteiger partial charge on any atom is -0.461 e. The van der Waals surface area contributed by atoms with E-state index in [1.165, 1.54) is 6.42 Å². The number of amides is 1. The van der Waals surface area contributed by atoms with Gasteiger partial charge in [-0.1, -0.05) is 19.3 Å². The summed E-state index contributed by atoms with van der Waals surface area (Å²) in [5.41, 5.74) is 0.146. The molecular weight excluding hydrogens is 276 g/mol. The fraction of sp³-hybridized carbons (Fsp3) is 0.643. The molecule has 1 aliphatic rings. The lowest BCUT2D eigenvalue weighted by Crippen LogP contribution is -2.47. The molecule has 0 atom stereocenters. The van der Waals surface area contributed by atoms with Crippen LogP contribution in [0.25, 0.3) is 0 Å². The van der Waals surface area contributed by atoms with Gasteiger partial charge in [0.05, 0.1) is 6.61 Å². The highest BCUT2D eigenvalue weighted by molar-refractivity contribution is 7.11. The average Bonchev–Trinajstić information content (AvgIpc) is 2.89. The average molecular weight is 296 g/mol. The molecular formula is C14H20N2O3S. The molecule has 0 aromatic carbocycles. The maximum atomic E-state index is 12.2. The molecule has 1 heterocycles. The zero-order valence-electron chi connectivity index (χ0n) is 11.9. The van der Waals surface area contributed by atoms with E-state index >= 15 is 0 Å². The fourth-order valence-electron chi connectivity index (χ4n) is 2.46. The van der Waals surface area contributed by atoms with Gasteiger partial charge in [-0.05, 0) is 26.7 Å². The molecule has 1 aromatic heterocycles. The fourth-order valence-corrected chi connectivity index (χ4v) is 3.15. The molecule has 20 heavy (non-hydrogen) atoms. The normalized spacial score (nSPS) is 17.5. The molecule has 6 heteroatoms. The van der Waals surface area contributed by atoms with Crippen molar-refractivity contribution in [2.24, 2.45) is 0 Å². The number of hydrogen-bond donors (Lipinski definition) is 1. The standard InChI is InChI=1S/C14H20N2O3S/c1-3-19-13(18)12-15-10(9-20-12)11(17)16-14(2)7-5-4-6-8-14/h9H,3-8H2,1-2H3,(H,16,17). The molecule has 1 saturated carbocycles. The Balaban J connectivity index is 2.00. The second-order valence-electron chi connectivity index (χ2n) is 5.33. The van der Waals surface area contributed by atoms with Crippen LogP contribution in [0.15, 0.2) is 5.38 Å². The third-order valence-corrected chi connectivity index (χ3v) is 4.38. The van der Waals surface area contributed by atoms with Crippen LogP contribution in [-0.2, 0) is 4.74 Å². The summed E-state index contributed by atoms with van der Waals surface area (Å²) in [4.78, 5) is 27.8. The van der Waals surface area contributed by atoms with Crippen molar-refractivity contribution < 1.29 is 14.3 Å². The van der Waals surface area contributed by atoms with Crippen LogP contribution in [0.3, 0.4) is 0 Å². The van der Waals surface area contributed by atoms with Gasteiger partial charge in [-0.25, -0.2) is 9.78 Å². The number of thiazole rings is 1. The van der Waals surface area contributed by atoms with E-state index in [0.29, 0.717) is 12.3 Å². The third kappa shape index (κ3) is 3.56. The number of carbonyl (C=O) groups is 2. The molecule has 110 valence electrons. The minimum absolute atomic E-state index is 0.150. The van der Waals surface area contributed by atoms with Crippen molar-refractivity contribution in [2.45, 2.75) is 51.5 Å². The van der Waals surface area contributed by atoms with Crippen LogP contribution < -0.4 is 5.32 Å². The molecule has 1 N–H and O–H groups in total. The van der Waals surface area contributed by atoms with Gasteiger partial charge in [0.15, 0.2) is 0 Å². The summed E-state index contributed by atoms with van der Waals surface area (Å²) < 4.78 is 4.87. The third-order valence-electron chi connectivity index (χ3n) is 3.56. The highest BCUT2D eigenvalue weighted by Crippen LogP contribution is 2.27. The summed E-state index contributed by atoms with van der Waals surface area (Å²) in [6, 6.07) is 0. The van der Waals surface area contributed by atoms with Crippen LogP contribution in [0.5, 0.6) is 0 Å². The van der Waals surface area contributed by atoms with E-state index in [1.807, 2.05) is 0 Å². The molecule has 0 aliphatic heterocycles. The highest BCUT2D eigenvalue weighted by atomic mass is 32.1. The molecule has 1 aromatic rings. The maximum Gasteiger partial charge on any atom is 0.367 e. The lowest BCUT2D eigenvalue weighted by Gasteiger charge is -2.34. The van der Waals surface area contributed by atoms with E-state index in [9.17, 15) is 9.59 Å². The number of ether oxygens (including phenoxy) is 1. The summed E-state index contributed by atoms with van der Waals surface area (Å²) in [5.74, 6) is -0.679. The SMILES string of the molecule is CCOC(=O)c1nc(C(=O)NC2(C)CCCCC2)cs1. The molecule has 1 fully saturated rings. The van der Waals surface area contributed by atoms with E-state index in [1.54, 1.807) is 12.3 Å². The lowest BCUT2D eigenvalue weighted by atomic mass is 9.83. The first-order valence-corrected chi connectivity index (χ1v) is 7.87. The van der Waals surface area contributed by atoms with Gasteiger partial charge in [-0.2, -0.15) is 0 Å². The number of hydrogen-bond acceptors (Lipinski definition) is 5. The molecule has 0 spiro atoms. The van der Waals surface area contributed by atoms with Crippen LogP contribution in [0, 0.1) is 0 Å². The summed E-state index contributed by atoms with van der Waals surface area (Å²) >= 11 is 1.14. The number of nitrogens with zero attached hydrogens (tertiary/aromatic N) is 1. The molecule has 0 bridgehead atoms. The van der Waals surface area contributed by atoms with Gasteiger partial charge >= 0.3 is 5.97 Å². The first-order chi connectivity index (χ1) is 9.54. The van der Waals surface area contributed by atoms with Gasteiger partial charge in [0.25, 0.3) is 5.91 Å². The highest BCUT2D eigenvalue weighted by Gasteiger charge is 2.29. The van der Waals surface area contributed by atoms with Crippen LogP contribution in [0.1, 0.15) is 66.2 Å². The van der Waals surface area contributed by atoms with E-state index in [4.69, 9.17) is 4.74 Å². The molecule has 0 unspecified atom stereocenters. The largest absolute Gasteiger partial charge is 0.461 e. The Bertz CT molecular complexity index is 492. The van der Waals surface area contributed by atoms with Crippen molar-refractivity contribution in [3.05, 3.63) is 16.1 Å². The first kappa shape index (κ1) is 15.0. The van der Waals surface area contributed by atoms with Gasteiger partial charge in [0.1, 0.15) is 5.69 Å². The quantitative estimate of drug-likeness (QED) is 0.867. The number of esters is 1. The minimum atomic E-state index is -0.472. The van der Waals surface area contributed by atoms with Gasteiger partial charge in [0, 0.05) is 10.9 Å². The Kier molecular flexibility index (Phi) is 4.75. The number of carbonyl (C=O) groups excluding carboxylic acids is 2. The number of rotatable bonds is 4. The summed E-state index contributed by atoms with van der Waals surface area (Å²) in [5, 5.41) is 4.88. The van der Waals surface area contributed by atoms with Crippen molar-refractivity contribution in [1.82, 2.24) is 10.3 Å². The van der Waals surface area contributed by atoms with Crippen LogP contribution in [-0.4, -0.2) is 29.0 Å². The van der Waals surface area contributed by atoms with Crippen molar-refractivity contribution in [2.75, 3.05) is 6.61 Å². The van der Waals surface area contributed by atoms with Crippen LogP contribution >= 0.6 is 11.3 Å². The lowest BCUT2D eigenvalue weighted by molar-refractivity contribution is 0.0526. The Hall–Kier alpha value is -1.43. The predicted octanol–water partition coefficient (Wildman–Crippen LogP) is 2.77. The molecule has 5 nitrogen and oxygen atoms in total. The maximum absolute atomic E-state index is 12.2. The van der Waals surface area contributed by atoms with E-state index in [-0.39, 0.29) is 16.5 Å².